The lowest BCUT2D eigenvalue weighted by molar-refractivity contribution is -0.870. The smallest absolute Gasteiger partial charge is 0.312 e. The largest absolute Gasteiger partial charge is 0.756 e. The molecule has 0 saturated heterocycles. The third kappa shape index (κ3) is 7.95. The molecule has 4 rings (SSSR count). The second-order valence-corrected chi connectivity index (χ2v) is 14.8. The van der Waals surface area contributed by atoms with Crippen molar-refractivity contribution in [1.29, 1.82) is 0 Å². The summed E-state index contributed by atoms with van der Waals surface area (Å²) in [5, 5.41) is 6.87. The van der Waals surface area contributed by atoms with Crippen molar-refractivity contribution in [3.8, 4) is 0 Å². The first-order chi connectivity index (χ1) is 20.6. The molecule has 0 bridgehead atoms. The molecule has 0 aromatic heterocycles. The number of likely N-dealkylation sites (N-methyl/N-ethyl adjacent to an activating group) is 1. The lowest BCUT2D eigenvalue weighted by atomic mass is 9.72. The predicted octanol–water partition coefficient (Wildman–Crippen LogP) is 6.21. The monoisotopic (exact) mass is 625 g/mol. The Morgan fingerprint density at radius 3 is 2.02 bits per heavy atom. The molecule has 2 unspecified atom stereocenters. The second-order valence-electron chi connectivity index (χ2n) is 13.4. The van der Waals surface area contributed by atoms with Gasteiger partial charge in [0.1, 0.15) is 26.4 Å². The van der Waals surface area contributed by atoms with Gasteiger partial charge in [0.05, 0.1) is 38.6 Å². The van der Waals surface area contributed by atoms with Gasteiger partial charge in [-0.1, -0.05) is 61.5 Å². The van der Waals surface area contributed by atoms with Gasteiger partial charge < -0.3 is 27.9 Å². The molecule has 0 fully saturated rings. The summed E-state index contributed by atoms with van der Waals surface area (Å²) in [4.78, 5) is 38.4. The number of phosphoric acid groups is 1. The van der Waals surface area contributed by atoms with Crippen LogP contribution < -0.4 is 4.89 Å². The molecule has 4 aromatic rings. The first-order valence-corrected chi connectivity index (χ1v) is 16.4. The zero-order valence-corrected chi connectivity index (χ0v) is 27.7. The molecule has 10 heteroatoms. The van der Waals surface area contributed by atoms with E-state index in [9.17, 15) is 19.0 Å². The van der Waals surface area contributed by atoms with Crippen molar-refractivity contribution in [3.63, 3.8) is 0 Å². The van der Waals surface area contributed by atoms with E-state index < -0.39 is 30.6 Å². The number of quaternary nitrogens is 1. The summed E-state index contributed by atoms with van der Waals surface area (Å²) in [6, 6.07) is 18.7. The van der Waals surface area contributed by atoms with Gasteiger partial charge in [0, 0.05) is 0 Å². The van der Waals surface area contributed by atoms with Crippen molar-refractivity contribution < 1.29 is 42.1 Å². The van der Waals surface area contributed by atoms with E-state index in [0.717, 1.165) is 21.7 Å². The Balaban J connectivity index is 1.35. The van der Waals surface area contributed by atoms with Gasteiger partial charge in [0.15, 0.2) is 0 Å². The van der Waals surface area contributed by atoms with E-state index >= 15 is 0 Å². The quantitative estimate of drug-likeness (QED) is 0.0504. The van der Waals surface area contributed by atoms with E-state index in [1.165, 1.54) is 16.2 Å². The molecule has 0 saturated carbocycles. The van der Waals surface area contributed by atoms with E-state index in [1.54, 1.807) is 20.8 Å². The van der Waals surface area contributed by atoms with E-state index in [0.29, 0.717) is 17.4 Å². The van der Waals surface area contributed by atoms with Crippen LogP contribution >= 0.6 is 7.82 Å². The summed E-state index contributed by atoms with van der Waals surface area (Å²) in [7, 11) is 1.24. The summed E-state index contributed by atoms with van der Waals surface area (Å²) in [5.74, 6) is -0.958. The zero-order chi connectivity index (χ0) is 32.3. The zero-order valence-electron chi connectivity index (χ0n) is 26.8. The maximum atomic E-state index is 13.5. The molecule has 2 atom stereocenters. The minimum atomic E-state index is -4.51. The minimum absolute atomic E-state index is 0.0144. The van der Waals surface area contributed by atoms with Crippen LogP contribution in [0.5, 0.6) is 0 Å². The lowest BCUT2D eigenvalue weighted by Gasteiger charge is -2.33. The van der Waals surface area contributed by atoms with E-state index in [2.05, 4.69) is 48.5 Å². The van der Waals surface area contributed by atoms with Crippen molar-refractivity contribution in [2.75, 3.05) is 47.5 Å². The second kappa shape index (κ2) is 13.1. The minimum Gasteiger partial charge on any atom is -0.756 e. The topological polar surface area (TPSA) is 111 Å². The molecule has 238 valence electrons. The number of rotatable bonds is 15. The van der Waals surface area contributed by atoms with Crippen molar-refractivity contribution in [3.05, 3.63) is 60.2 Å². The highest BCUT2D eigenvalue weighted by atomic mass is 31.2. The standard InChI is InChI=1S/C34H44NO8P/c1-8-34(4,23-33(2,3)31(36)40-20-21-43-44(38,39)42-19-18-35(5,6)7)32(37)41-22-27-15-14-26-13-12-24-10-9-11-25-16-17-28(27)30(26)29(24)25/h9-17H,8,18-23H2,1-7H3. The first kappa shape index (κ1) is 33.8. The number of esters is 2. The van der Waals surface area contributed by atoms with E-state index in [-0.39, 0.29) is 32.8 Å². The van der Waals surface area contributed by atoms with Gasteiger partial charge in [-0.25, -0.2) is 0 Å². The van der Waals surface area contributed by atoms with Crippen LogP contribution in [0.1, 0.15) is 46.1 Å². The molecule has 0 radical (unpaired) electrons. The number of ether oxygens (including phenoxy) is 2. The van der Waals surface area contributed by atoms with Gasteiger partial charge in [0.2, 0.25) is 0 Å². The molecule has 0 spiro atoms. The normalized spacial score (nSPS) is 15.4. The SMILES string of the molecule is CCC(C)(CC(C)(C)C(=O)OCCOP(=O)([O-])OCC[N+](C)(C)C)C(=O)OCc1ccc2ccc3cccc4ccc1c2c34. The number of hydrogen-bond acceptors (Lipinski definition) is 8. The fourth-order valence-electron chi connectivity index (χ4n) is 5.57. The number of phosphoric ester groups is 1. The Hall–Kier alpha value is -3.07. The summed E-state index contributed by atoms with van der Waals surface area (Å²) >= 11 is 0. The molecule has 0 amide bonds. The van der Waals surface area contributed by atoms with Crippen molar-refractivity contribution >= 4 is 52.1 Å². The van der Waals surface area contributed by atoms with Crippen LogP contribution in [0.25, 0.3) is 32.3 Å². The van der Waals surface area contributed by atoms with Crippen molar-refractivity contribution in [1.82, 2.24) is 0 Å². The Morgan fingerprint density at radius 1 is 0.795 bits per heavy atom. The summed E-state index contributed by atoms with van der Waals surface area (Å²) in [6.07, 6.45) is 0.635. The predicted molar refractivity (Wildman–Crippen MR) is 170 cm³/mol. The highest BCUT2D eigenvalue weighted by Crippen LogP contribution is 2.41. The first-order valence-electron chi connectivity index (χ1n) is 15.0. The fourth-order valence-corrected chi connectivity index (χ4v) is 6.25. The van der Waals surface area contributed by atoms with Gasteiger partial charge >= 0.3 is 11.9 Å². The Labute approximate surface area is 259 Å². The molecule has 9 nitrogen and oxygen atoms in total. The van der Waals surface area contributed by atoms with Gasteiger partial charge in [-0.15, -0.1) is 0 Å². The van der Waals surface area contributed by atoms with Gasteiger partial charge in [0.25, 0.3) is 7.82 Å². The van der Waals surface area contributed by atoms with E-state index in [4.69, 9.17) is 18.5 Å². The summed E-state index contributed by atoms with van der Waals surface area (Å²) in [6.45, 7) is 7.02. The van der Waals surface area contributed by atoms with Crippen LogP contribution in [0.4, 0.5) is 0 Å². The van der Waals surface area contributed by atoms with Crippen LogP contribution in [0.15, 0.2) is 54.6 Å². The van der Waals surface area contributed by atoms with E-state index in [1.807, 2.05) is 34.1 Å². The molecular formula is C34H44NO8P. The molecule has 0 heterocycles. The molecule has 0 N–H and O–H groups in total. The van der Waals surface area contributed by atoms with Crippen LogP contribution in [0.2, 0.25) is 0 Å². The number of nitrogens with zero attached hydrogens (tertiary/aromatic N) is 1. The molecular weight excluding hydrogens is 581 g/mol. The lowest BCUT2D eigenvalue weighted by Crippen LogP contribution is -2.39. The molecule has 0 aliphatic heterocycles. The molecule has 0 aliphatic carbocycles. The van der Waals surface area contributed by atoms with Crippen molar-refractivity contribution in [2.24, 2.45) is 10.8 Å². The fraction of sp³-hybridized carbons (Fsp3) is 0.471. The van der Waals surface area contributed by atoms with Gasteiger partial charge in [-0.05, 0) is 71.5 Å². The Kier molecular flexibility index (Phi) is 10.1. The molecule has 4 aromatic carbocycles. The third-order valence-electron chi connectivity index (χ3n) is 8.21. The summed E-state index contributed by atoms with van der Waals surface area (Å²) < 4.78 is 33.4. The van der Waals surface area contributed by atoms with Crippen LogP contribution in [0.3, 0.4) is 0 Å². The Morgan fingerprint density at radius 2 is 1.39 bits per heavy atom. The van der Waals surface area contributed by atoms with Crippen LogP contribution in [-0.4, -0.2) is 63.9 Å². The Bertz CT molecular complexity index is 1660. The van der Waals surface area contributed by atoms with Crippen molar-refractivity contribution in [2.45, 2.75) is 47.1 Å². The average molecular weight is 626 g/mol. The highest BCUT2D eigenvalue weighted by molar-refractivity contribution is 7.45. The highest BCUT2D eigenvalue weighted by Gasteiger charge is 2.43. The number of carbonyl (C=O) groups excluding carboxylic acids is 2. The maximum absolute atomic E-state index is 13.5. The third-order valence-corrected chi connectivity index (χ3v) is 9.21. The van der Waals surface area contributed by atoms with Gasteiger partial charge in [-0.2, -0.15) is 0 Å². The van der Waals surface area contributed by atoms with Crippen LogP contribution in [-0.2, 0) is 39.3 Å². The van der Waals surface area contributed by atoms with Gasteiger partial charge in [-0.3, -0.25) is 14.2 Å². The average Bonchev–Trinajstić information content (AvgIpc) is 2.95. The summed E-state index contributed by atoms with van der Waals surface area (Å²) in [5.41, 5.74) is -1.08. The maximum Gasteiger partial charge on any atom is 0.312 e. The van der Waals surface area contributed by atoms with Crippen LogP contribution in [0, 0.1) is 10.8 Å². The number of benzene rings is 4. The molecule has 0 aliphatic rings. The number of carbonyl (C=O) groups is 2. The number of hydrogen-bond donors (Lipinski definition) is 0. The molecule has 44 heavy (non-hydrogen) atoms.